The molecule has 160 valence electrons. The second-order valence-electron chi connectivity index (χ2n) is 7.28. The summed E-state index contributed by atoms with van der Waals surface area (Å²) < 4.78 is 32.2. The van der Waals surface area contributed by atoms with E-state index in [1.54, 1.807) is 30.3 Å². The summed E-state index contributed by atoms with van der Waals surface area (Å²) in [5.74, 6) is 1.90. The van der Waals surface area contributed by atoms with Crippen molar-refractivity contribution >= 4 is 16.9 Å². The molecule has 1 N–H and O–H groups in total. The number of fused-ring (bicyclic) bond motifs is 1. The van der Waals surface area contributed by atoms with Crippen LogP contribution in [0.2, 0.25) is 0 Å². The molecule has 0 saturated carbocycles. The first-order chi connectivity index (χ1) is 15.6. The fourth-order valence-corrected chi connectivity index (χ4v) is 4.78. The number of pyridine rings is 1. The van der Waals surface area contributed by atoms with Crippen molar-refractivity contribution in [1.29, 1.82) is 5.26 Å². The molecular weight excluding hydrogens is 430 g/mol. The molecule has 1 fully saturated rings. The first kappa shape index (κ1) is 20.0. The second-order valence-corrected chi connectivity index (χ2v) is 8.64. The number of nitriles is 1. The maximum Gasteiger partial charge on any atom is 0.233 e. The SMILES string of the molecule is N#Cc1ccc(Oc2cccc3c2OCC3Oc2ccc(C3CC(=O)NS3=O)cc2)nc1. The normalized spacial score (nSPS) is 21.2. The van der Waals surface area contributed by atoms with Gasteiger partial charge in [-0.25, -0.2) is 9.19 Å². The molecular formula is C23H17N3O5S. The monoisotopic (exact) mass is 447 g/mol. The van der Waals surface area contributed by atoms with E-state index in [9.17, 15) is 9.00 Å². The Morgan fingerprint density at radius 3 is 2.69 bits per heavy atom. The van der Waals surface area contributed by atoms with Crippen molar-refractivity contribution < 1.29 is 23.2 Å². The molecule has 3 atom stereocenters. The minimum atomic E-state index is -1.40. The van der Waals surface area contributed by atoms with Crippen LogP contribution >= 0.6 is 0 Å². The van der Waals surface area contributed by atoms with Crippen molar-refractivity contribution in [3.05, 3.63) is 77.5 Å². The number of nitrogens with one attached hydrogen (secondary N) is 1. The van der Waals surface area contributed by atoms with Crippen LogP contribution in [0.5, 0.6) is 23.1 Å². The Kier molecular flexibility index (Phi) is 5.21. The lowest BCUT2D eigenvalue weighted by molar-refractivity contribution is -0.118. The lowest BCUT2D eigenvalue weighted by atomic mass is 10.1. The molecule has 3 aromatic rings. The van der Waals surface area contributed by atoms with Crippen LogP contribution in [0.25, 0.3) is 0 Å². The van der Waals surface area contributed by atoms with Gasteiger partial charge in [-0.15, -0.1) is 0 Å². The minimum Gasteiger partial charge on any atom is -0.485 e. The number of carbonyl (C=O) groups excluding carboxylic acids is 1. The zero-order valence-electron chi connectivity index (χ0n) is 16.7. The van der Waals surface area contributed by atoms with E-state index in [1.165, 1.54) is 6.20 Å². The Morgan fingerprint density at radius 1 is 1.16 bits per heavy atom. The van der Waals surface area contributed by atoms with Crippen LogP contribution in [0.4, 0.5) is 0 Å². The fourth-order valence-electron chi connectivity index (χ4n) is 3.62. The summed E-state index contributed by atoms with van der Waals surface area (Å²) in [6, 6.07) is 18.1. The van der Waals surface area contributed by atoms with E-state index < -0.39 is 11.0 Å². The Bertz CT molecular complexity index is 1240. The van der Waals surface area contributed by atoms with Crippen molar-refractivity contribution in [1.82, 2.24) is 9.71 Å². The smallest absolute Gasteiger partial charge is 0.233 e. The lowest BCUT2D eigenvalue weighted by Crippen LogP contribution is -2.15. The number of ether oxygens (including phenoxy) is 3. The molecule has 0 aliphatic carbocycles. The average molecular weight is 447 g/mol. The van der Waals surface area contributed by atoms with Crippen LogP contribution in [0, 0.1) is 11.3 Å². The quantitative estimate of drug-likeness (QED) is 0.637. The predicted octanol–water partition coefficient (Wildman–Crippen LogP) is 3.48. The second kappa shape index (κ2) is 8.32. The van der Waals surface area contributed by atoms with Crippen LogP contribution in [-0.4, -0.2) is 21.7 Å². The first-order valence-electron chi connectivity index (χ1n) is 9.87. The van der Waals surface area contributed by atoms with Gasteiger partial charge in [0.05, 0.1) is 10.8 Å². The van der Waals surface area contributed by atoms with Crippen LogP contribution in [0.15, 0.2) is 60.8 Å². The number of para-hydroxylation sites is 1. The van der Waals surface area contributed by atoms with Crippen molar-refractivity contribution in [2.45, 2.75) is 17.8 Å². The molecule has 2 aliphatic heterocycles. The van der Waals surface area contributed by atoms with E-state index in [-0.39, 0.29) is 23.7 Å². The Morgan fingerprint density at radius 2 is 2.00 bits per heavy atom. The molecule has 32 heavy (non-hydrogen) atoms. The summed E-state index contributed by atoms with van der Waals surface area (Å²) in [6.07, 6.45) is 1.34. The van der Waals surface area contributed by atoms with E-state index in [0.29, 0.717) is 35.3 Å². The number of hydrogen-bond donors (Lipinski definition) is 1. The van der Waals surface area contributed by atoms with Gasteiger partial charge in [0.15, 0.2) is 17.6 Å². The van der Waals surface area contributed by atoms with Gasteiger partial charge in [-0.3, -0.25) is 9.52 Å². The molecule has 3 unspecified atom stereocenters. The van der Waals surface area contributed by atoms with E-state index in [2.05, 4.69) is 9.71 Å². The highest BCUT2D eigenvalue weighted by atomic mass is 32.2. The number of benzene rings is 2. The maximum atomic E-state index is 12.0. The summed E-state index contributed by atoms with van der Waals surface area (Å²) in [7, 11) is -1.40. The zero-order valence-corrected chi connectivity index (χ0v) is 17.5. The van der Waals surface area contributed by atoms with E-state index in [0.717, 1.165) is 11.1 Å². The zero-order chi connectivity index (χ0) is 22.1. The Hall–Kier alpha value is -3.90. The highest BCUT2D eigenvalue weighted by Crippen LogP contribution is 2.43. The minimum absolute atomic E-state index is 0.206. The third-order valence-corrected chi connectivity index (χ3v) is 6.57. The van der Waals surface area contributed by atoms with Gasteiger partial charge < -0.3 is 14.2 Å². The molecule has 0 spiro atoms. The van der Waals surface area contributed by atoms with Gasteiger partial charge in [0.25, 0.3) is 0 Å². The molecule has 0 bridgehead atoms. The van der Waals surface area contributed by atoms with E-state index in [1.807, 2.05) is 30.3 Å². The molecule has 3 heterocycles. The van der Waals surface area contributed by atoms with Crippen molar-refractivity contribution in [2.75, 3.05) is 6.61 Å². The van der Waals surface area contributed by atoms with Crippen LogP contribution < -0.4 is 18.9 Å². The number of hydrogen-bond acceptors (Lipinski definition) is 7. The highest BCUT2D eigenvalue weighted by molar-refractivity contribution is 7.84. The summed E-state index contributed by atoms with van der Waals surface area (Å²) in [5, 5.41) is 8.55. The molecule has 0 radical (unpaired) electrons. The third-order valence-electron chi connectivity index (χ3n) is 5.19. The topological polar surface area (TPSA) is 111 Å². The van der Waals surface area contributed by atoms with Crippen LogP contribution in [-0.2, 0) is 15.8 Å². The molecule has 8 nitrogen and oxygen atoms in total. The van der Waals surface area contributed by atoms with Gasteiger partial charge in [-0.2, -0.15) is 5.26 Å². The molecule has 2 aromatic carbocycles. The standard InChI is InChI=1S/C23H17N3O5S/c24-11-14-4-9-22(25-12-14)31-18-3-1-2-17-19(13-29-23(17)18)30-16-7-5-15(6-8-16)20-10-21(27)26-32(20)28/h1-9,12,19-20H,10,13H2,(H,26,27). The lowest BCUT2D eigenvalue weighted by Gasteiger charge is -2.14. The van der Waals surface area contributed by atoms with Gasteiger partial charge >= 0.3 is 0 Å². The number of carbonyl (C=O) groups is 1. The molecule has 5 rings (SSSR count). The van der Waals surface area contributed by atoms with Gasteiger partial charge in [0.2, 0.25) is 11.8 Å². The van der Waals surface area contributed by atoms with Crippen molar-refractivity contribution in [3.63, 3.8) is 0 Å². The summed E-state index contributed by atoms with van der Waals surface area (Å²) in [5.41, 5.74) is 2.13. The van der Waals surface area contributed by atoms with Crippen LogP contribution in [0.1, 0.15) is 34.5 Å². The Balaban J connectivity index is 1.30. The van der Waals surface area contributed by atoms with E-state index >= 15 is 0 Å². The van der Waals surface area contributed by atoms with Crippen molar-refractivity contribution in [2.24, 2.45) is 0 Å². The van der Waals surface area contributed by atoms with Gasteiger partial charge in [-0.05, 0) is 29.8 Å². The van der Waals surface area contributed by atoms with Crippen molar-refractivity contribution in [3.8, 4) is 29.2 Å². The Labute approximate surface area is 186 Å². The summed E-state index contributed by atoms with van der Waals surface area (Å²) >= 11 is 0. The van der Waals surface area contributed by atoms with Gasteiger partial charge in [0.1, 0.15) is 29.4 Å². The number of aromatic nitrogens is 1. The van der Waals surface area contributed by atoms with E-state index in [4.69, 9.17) is 19.5 Å². The maximum absolute atomic E-state index is 12.0. The summed E-state index contributed by atoms with van der Waals surface area (Å²) in [4.78, 5) is 15.6. The molecule has 1 amide bonds. The molecule has 2 aliphatic rings. The molecule has 1 saturated heterocycles. The number of amides is 1. The van der Waals surface area contributed by atoms with Crippen LogP contribution in [0.3, 0.4) is 0 Å². The third kappa shape index (κ3) is 3.88. The molecule has 9 heteroatoms. The molecule has 1 aromatic heterocycles. The fraction of sp³-hybridized carbons (Fsp3) is 0.174. The number of rotatable bonds is 5. The first-order valence-corrected chi connectivity index (χ1v) is 11.1. The van der Waals surface area contributed by atoms with Gasteiger partial charge in [0, 0.05) is 24.2 Å². The van der Waals surface area contributed by atoms with Gasteiger partial charge in [-0.1, -0.05) is 24.3 Å². The number of nitrogens with zero attached hydrogens (tertiary/aromatic N) is 2. The highest BCUT2D eigenvalue weighted by Gasteiger charge is 2.31. The largest absolute Gasteiger partial charge is 0.485 e. The average Bonchev–Trinajstić information content (AvgIpc) is 3.38. The predicted molar refractivity (Wildman–Crippen MR) is 114 cm³/mol. The summed E-state index contributed by atoms with van der Waals surface area (Å²) in [6.45, 7) is 0.323.